The molecule has 3 N–H and O–H groups in total. The van der Waals surface area contributed by atoms with Crippen LogP contribution in [0.2, 0.25) is 0 Å². The zero-order valence-corrected chi connectivity index (χ0v) is 18.3. The Labute approximate surface area is 182 Å². The Morgan fingerprint density at radius 1 is 1.07 bits per heavy atom. The van der Waals surface area contributed by atoms with Crippen LogP contribution in [-0.4, -0.2) is 45.9 Å². The standard InChI is InChI=1S/C21H19BrN4O3S/c22-14-5-8-17-16(11-14)20(30(28,29)26-9-1-2-10-26)19(24-17)21-23-12-18(25-21)13-3-6-15(27)7-4-13/h3-8,11-12,24,27H,1-2,9-10H2,(H,23,25). The summed E-state index contributed by atoms with van der Waals surface area (Å²) < 4.78 is 29.5. The van der Waals surface area contributed by atoms with Crippen molar-refractivity contribution in [2.24, 2.45) is 0 Å². The van der Waals surface area contributed by atoms with Gasteiger partial charge in [0.1, 0.15) is 16.3 Å². The van der Waals surface area contributed by atoms with Crippen molar-refractivity contribution in [1.29, 1.82) is 0 Å². The number of fused-ring (bicyclic) bond motifs is 1. The fourth-order valence-electron chi connectivity index (χ4n) is 3.86. The predicted octanol–water partition coefficient (Wildman–Crippen LogP) is 4.48. The molecule has 0 spiro atoms. The zero-order chi connectivity index (χ0) is 20.9. The van der Waals surface area contributed by atoms with Gasteiger partial charge in [-0.05, 0) is 55.3 Å². The van der Waals surface area contributed by atoms with Crippen molar-refractivity contribution < 1.29 is 13.5 Å². The molecule has 3 heterocycles. The molecule has 1 aliphatic heterocycles. The minimum absolute atomic E-state index is 0.176. The first-order chi connectivity index (χ1) is 14.4. The van der Waals surface area contributed by atoms with Crippen LogP contribution in [0.5, 0.6) is 5.75 Å². The van der Waals surface area contributed by atoms with E-state index in [9.17, 15) is 13.5 Å². The second-order valence-electron chi connectivity index (χ2n) is 7.31. The summed E-state index contributed by atoms with van der Waals surface area (Å²) in [7, 11) is -3.69. The number of phenols is 1. The van der Waals surface area contributed by atoms with Gasteiger partial charge in [0.05, 0.1) is 5.69 Å². The van der Waals surface area contributed by atoms with Gasteiger partial charge in [0.2, 0.25) is 10.0 Å². The topological polar surface area (TPSA) is 102 Å². The summed E-state index contributed by atoms with van der Waals surface area (Å²) in [5.41, 5.74) is 2.65. The van der Waals surface area contributed by atoms with Gasteiger partial charge in [-0.1, -0.05) is 15.9 Å². The number of hydrogen-bond acceptors (Lipinski definition) is 4. The lowest BCUT2D eigenvalue weighted by Crippen LogP contribution is -2.28. The summed E-state index contributed by atoms with van der Waals surface area (Å²) in [6.07, 6.45) is 3.47. The van der Waals surface area contributed by atoms with Crippen LogP contribution < -0.4 is 0 Å². The molecule has 0 atom stereocenters. The quantitative estimate of drug-likeness (QED) is 0.395. The Kier molecular flexibility index (Phi) is 4.68. The first-order valence-electron chi connectivity index (χ1n) is 9.60. The van der Waals surface area contributed by atoms with Crippen molar-refractivity contribution in [3.05, 3.63) is 53.1 Å². The summed E-state index contributed by atoms with van der Waals surface area (Å²) in [5.74, 6) is 0.623. The fourth-order valence-corrected chi connectivity index (χ4v) is 6.07. The molecule has 0 unspecified atom stereocenters. The Morgan fingerprint density at radius 3 is 2.53 bits per heavy atom. The van der Waals surface area contributed by atoms with Gasteiger partial charge in [0.15, 0.2) is 5.82 Å². The number of aromatic amines is 2. The number of nitrogens with one attached hydrogen (secondary N) is 2. The summed E-state index contributed by atoms with van der Waals surface area (Å²) >= 11 is 3.46. The highest BCUT2D eigenvalue weighted by atomic mass is 79.9. The molecule has 9 heteroatoms. The summed E-state index contributed by atoms with van der Waals surface area (Å²) in [6.45, 7) is 1.05. The van der Waals surface area contributed by atoms with E-state index in [2.05, 4.69) is 30.9 Å². The summed E-state index contributed by atoms with van der Waals surface area (Å²) in [6, 6.07) is 12.3. The molecule has 0 bridgehead atoms. The zero-order valence-electron chi connectivity index (χ0n) is 15.9. The molecular weight excluding hydrogens is 468 g/mol. The van der Waals surface area contributed by atoms with E-state index in [1.807, 2.05) is 18.2 Å². The lowest BCUT2D eigenvalue weighted by Gasteiger charge is -2.16. The van der Waals surface area contributed by atoms with Crippen molar-refractivity contribution in [1.82, 2.24) is 19.3 Å². The van der Waals surface area contributed by atoms with Gasteiger partial charge in [-0.15, -0.1) is 0 Å². The number of benzene rings is 2. The van der Waals surface area contributed by atoms with E-state index in [1.165, 1.54) is 0 Å². The largest absolute Gasteiger partial charge is 0.508 e. The number of aromatic nitrogens is 3. The van der Waals surface area contributed by atoms with Crippen molar-refractivity contribution in [2.45, 2.75) is 17.7 Å². The number of sulfonamides is 1. The summed E-state index contributed by atoms with van der Waals surface area (Å²) in [4.78, 5) is 11.2. The maximum absolute atomic E-state index is 13.6. The van der Waals surface area contributed by atoms with Gasteiger partial charge >= 0.3 is 0 Å². The molecule has 2 aromatic heterocycles. The van der Waals surface area contributed by atoms with Crippen molar-refractivity contribution >= 4 is 36.9 Å². The molecule has 154 valence electrons. The third-order valence-corrected chi connectivity index (χ3v) is 7.83. The number of H-pyrrole nitrogens is 2. The molecule has 5 rings (SSSR count). The normalized spacial score (nSPS) is 15.2. The monoisotopic (exact) mass is 486 g/mol. The van der Waals surface area contributed by atoms with Gasteiger partial charge in [-0.2, -0.15) is 4.31 Å². The van der Waals surface area contributed by atoms with Crippen molar-refractivity contribution in [2.75, 3.05) is 13.1 Å². The second kappa shape index (κ2) is 7.26. The van der Waals surface area contributed by atoms with E-state index >= 15 is 0 Å². The van der Waals surface area contributed by atoms with Crippen LogP contribution in [0.4, 0.5) is 0 Å². The van der Waals surface area contributed by atoms with E-state index in [1.54, 1.807) is 34.8 Å². The van der Waals surface area contributed by atoms with Gasteiger partial charge < -0.3 is 15.1 Å². The van der Waals surface area contributed by atoms with Crippen LogP contribution in [0.25, 0.3) is 33.7 Å². The Balaban J connectivity index is 1.69. The number of aromatic hydroxyl groups is 1. The maximum atomic E-state index is 13.6. The highest BCUT2D eigenvalue weighted by Gasteiger charge is 2.33. The van der Waals surface area contributed by atoms with Gasteiger partial charge in [0.25, 0.3) is 0 Å². The Bertz CT molecular complexity index is 1340. The first kappa shape index (κ1) is 19.3. The number of hydrogen-bond donors (Lipinski definition) is 3. The lowest BCUT2D eigenvalue weighted by molar-refractivity contribution is 0.475. The fraction of sp³-hybridized carbons (Fsp3) is 0.190. The molecule has 1 saturated heterocycles. The molecule has 0 amide bonds. The molecule has 30 heavy (non-hydrogen) atoms. The SMILES string of the molecule is O=S(=O)(c1c(-c2nc(-c3ccc(O)cc3)c[nH]2)[nH]c2ccc(Br)cc12)N1CCCC1. The third-order valence-electron chi connectivity index (χ3n) is 5.35. The number of imidazole rings is 1. The molecule has 4 aromatic rings. The van der Waals surface area contributed by atoms with Crippen LogP contribution in [-0.2, 0) is 10.0 Å². The van der Waals surface area contributed by atoms with Crippen LogP contribution in [0, 0.1) is 0 Å². The van der Waals surface area contributed by atoms with Crippen LogP contribution in [0.3, 0.4) is 0 Å². The lowest BCUT2D eigenvalue weighted by atomic mass is 10.2. The van der Waals surface area contributed by atoms with Crippen LogP contribution in [0.1, 0.15) is 12.8 Å². The minimum Gasteiger partial charge on any atom is -0.508 e. The van der Waals surface area contributed by atoms with Crippen molar-refractivity contribution in [3.63, 3.8) is 0 Å². The predicted molar refractivity (Wildman–Crippen MR) is 119 cm³/mol. The van der Waals surface area contributed by atoms with E-state index in [0.717, 1.165) is 28.4 Å². The third kappa shape index (κ3) is 3.23. The molecule has 1 fully saturated rings. The molecule has 1 aliphatic rings. The molecule has 2 aromatic carbocycles. The van der Waals surface area contributed by atoms with Gasteiger partial charge in [0, 0.05) is 40.2 Å². The average Bonchev–Trinajstić information content (AvgIpc) is 3.47. The van der Waals surface area contributed by atoms with Crippen molar-refractivity contribution in [3.8, 4) is 28.5 Å². The summed E-state index contributed by atoms with van der Waals surface area (Å²) in [5, 5.41) is 10.1. The van der Waals surface area contributed by atoms with E-state index in [0.29, 0.717) is 35.7 Å². The molecule has 7 nitrogen and oxygen atoms in total. The number of nitrogens with zero attached hydrogens (tertiary/aromatic N) is 2. The second-order valence-corrected chi connectivity index (χ2v) is 10.1. The van der Waals surface area contributed by atoms with Gasteiger partial charge in [-0.3, -0.25) is 0 Å². The Morgan fingerprint density at radius 2 is 1.80 bits per heavy atom. The highest BCUT2D eigenvalue weighted by molar-refractivity contribution is 9.10. The van der Waals surface area contributed by atoms with E-state index in [-0.39, 0.29) is 10.6 Å². The van der Waals surface area contributed by atoms with Gasteiger partial charge in [-0.25, -0.2) is 13.4 Å². The minimum atomic E-state index is -3.69. The molecular formula is C21H19BrN4O3S. The highest BCUT2D eigenvalue weighted by Crippen LogP contribution is 2.37. The average molecular weight is 487 g/mol. The number of halogens is 1. The number of phenolic OH excluding ortho intramolecular Hbond substituents is 1. The Hall–Kier alpha value is -2.62. The van der Waals surface area contributed by atoms with Crippen LogP contribution >= 0.6 is 15.9 Å². The van der Waals surface area contributed by atoms with E-state index < -0.39 is 10.0 Å². The first-order valence-corrected chi connectivity index (χ1v) is 11.8. The number of rotatable bonds is 4. The maximum Gasteiger partial charge on any atom is 0.245 e. The smallest absolute Gasteiger partial charge is 0.245 e. The van der Waals surface area contributed by atoms with E-state index in [4.69, 9.17) is 0 Å². The van der Waals surface area contributed by atoms with Crippen LogP contribution in [0.15, 0.2) is 58.0 Å². The molecule has 0 aliphatic carbocycles. The molecule has 0 radical (unpaired) electrons. The molecule has 0 saturated carbocycles.